The predicted octanol–water partition coefficient (Wildman–Crippen LogP) is 3.72. The molecule has 1 fully saturated rings. The van der Waals surface area contributed by atoms with E-state index in [1.54, 1.807) is 12.1 Å². The van der Waals surface area contributed by atoms with E-state index in [-0.39, 0.29) is 24.1 Å². The van der Waals surface area contributed by atoms with E-state index in [2.05, 4.69) is 12.2 Å². The van der Waals surface area contributed by atoms with Crippen molar-refractivity contribution in [3.63, 3.8) is 0 Å². The number of hydrogen-bond donors (Lipinski definition) is 1. The first-order valence-corrected chi connectivity index (χ1v) is 9.08. The standard InChI is InChI=1S/C17H25FN2OS.ClH/c1-2-12-20(14-7-10-19-11-8-14)17(21)9-13-22-16-6-4-3-5-15(16)18;/h3-6,14,19H,2,7-13H2,1H3;1H. The molecule has 0 radical (unpaired) electrons. The van der Waals surface area contributed by atoms with Gasteiger partial charge in [0.25, 0.3) is 0 Å². The molecule has 1 amide bonds. The normalized spacial score (nSPS) is 15.0. The van der Waals surface area contributed by atoms with Crippen molar-refractivity contribution in [1.29, 1.82) is 0 Å². The lowest BCUT2D eigenvalue weighted by Gasteiger charge is -2.34. The third-order valence-corrected chi connectivity index (χ3v) is 4.99. The Labute approximate surface area is 148 Å². The zero-order chi connectivity index (χ0) is 15.8. The van der Waals surface area contributed by atoms with Crippen LogP contribution in [0.2, 0.25) is 0 Å². The maximum absolute atomic E-state index is 13.6. The number of piperidine rings is 1. The van der Waals surface area contributed by atoms with Crippen molar-refractivity contribution in [2.24, 2.45) is 0 Å². The zero-order valence-corrected chi connectivity index (χ0v) is 15.2. The summed E-state index contributed by atoms with van der Waals surface area (Å²) in [6.45, 7) is 4.91. The Morgan fingerprint density at radius 1 is 1.35 bits per heavy atom. The van der Waals surface area contributed by atoms with Gasteiger partial charge >= 0.3 is 0 Å². The van der Waals surface area contributed by atoms with Crippen LogP contribution in [0.5, 0.6) is 0 Å². The molecule has 1 saturated heterocycles. The van der Waals surface area contributed by atoms with Gasteiger partial charge in [0.2, 0.25) is 5.91 Å². The van der Waals surface area contributed by atoms with Gasteiger partial charge in [-0.05, 0) is 44.5 Å². The van der Waals surface area contributed by atoms with E-state index in [0.29, 0.717) is 23.1 Å². The van der Waals surface area contributed by atoms with Crippen LogP contribution in [0.3, 0.4) is 0 Å². The predicted molar refractivity (Wildman–Crippen MR) is 96.9 cm³/mol. The fraction of sp³-hybridized carbons (Fsp3) is 0.588. The first kappa shape index (κ1) is 20.3. The molecule has 0 aliphatic carbocycles. The van der Waals surface area contributed by atoms with Crippen molar-refractivity contribution < 1.29 is 9.18 Å². The minimum Gasteiger partial charge on any atom is -0.340 e. The van der Waals surface area contributed by atoms with Crippen LogP contribution in [0.1, 0.15) is 32.6 Å². The summed E-state index contributed by atoms with van der Waals surface area (Å²) in [6, 6.07) is 7.10. The third kappa shape index (κ3) is 6.32. The second kappa shape index (κ2) is 10.9. The smallest absolute Gasteiger partial charge is 0.223 e. The zero-order valence-electron chi connectivity index (χ0n) is 13.6. The van der Waals surface area contributed by atoms with Crippen LogP contribution >= 0.6 is 24.2 Å². The van der Waals surface area contributed by atoms with Gasteiger partial charge in [-0.3, -0.25) is 4.79 Å². The molecule has 0 spiro atoms. The molecule has 2 rings (SSSR count). The number of nitrogens with one attached hydrogen (secondary N) is 1. The summed E-state index contributed by atoms with van der Waals surface area (Å²) in [5, 5.41) is 3.34. The molecule has 1 heterocycles. The fourth-order valence-corrected chi connectivity index (χ4v) is 3.70. The van der Waals surface area contributed by atoms with E-state index in [0.717, 1.165) is 38.9 Å². The van der Waals surface area contributed by atoms with Gasteiger partial charge in [0, 0.05) is 29.7 Å². The number of thioether (sulfide) groups is 1. The molecule has 1 aromatic rings. The molecule has 0 saturated carbocycles. The van der Waals surface area contributed by atoms with Gasteiger partial charge < -0.3 is 10.2 Å². The first-order valence-electron chi connectivity index (χ1n) is 8.10. The van der Waals surface area contributed by atoms with Crippen LogP contribution in [0.4, 0.5) is 4.39 Å². The maximum atomic E-state index is 13.6. The van der Waals surface area contributed by atoms with E-state index >= 15 is 0 Å². The Bertz CT molecular complexity index is 483. The Hall–Kier alpha value is -0.780. The molecule has 6 heteroatoms. The SMILES string of the molecule is CCCN(C(=O)CCSc1ccccc1F)C1CCNCC1.Cl. The summed E-state index contributed by atoms with van der Waals surface area (Å²) in [5.74, 6) is 0.631. The lowest BCUT2D eigenvalue weighted by Crippen LogP contribution is -2.46. The molecule has 0 unspecified atom stereocenters. The lowest BCUT2D eigenvalue weighted by atomic mass is 10.0. The molecule has 0 aromatic heterocycles. The van der Waals surface area contributed by atoms with E-state index in [1.165, 1.54) is 17.8 Å². The summed E-state index contributed by atoms with van der Waals surface area (Å²) in [7, 11) is 0. The average Bonchev–Trinajstić information content (AvgIpc) is 2.55. The van der Waals surface area contributed by atoms with Crippen LogP contribution in [-0.2, 0) is 4.79 Å². The van der Waals surface area contributed by atoms with Gasteiger partial charge in [0.05, 0.1) is 0 Å². The van der Waals surface area contributed by atoms with Gasteiger partial charge in [-0.1, -0.05) is 19.1 Å². The summed E-state index contributed by atoms with van der Waals surface area (Å²) < 4.78 is 13.6. The van der Waals surface area contributed by atoms with Crippen LogP contribution in [0.15, 0.2) is 29.2 Å². The molecule has 1 aliphatic rings. The summed E-state index contributed by atoms with van der Waals surface area (Å²) in [4.78, 5) is 15.2. The van der Waals surface area contributed by atoms with Gasteiger partial charge in [0.15, 0.2) is 0 Å². The van der Waals surface area contributed by atoms with E-state index in [4.69, 9.17) is 0 Å². The van der Waals surface area contributed by atoms with Gasteiger partial charge in [-0.2, -0.15) is 0 Å². The number of carbonyl (C=O) groups excluding carboxylic acids is 1. The quantitative estimate of drug-likeness (QED) is 0.752. The molecule has 1 aliphatic heterocycles. The monoisotopic (exact) mass is 360 g/mol. The number of benzene rings is 1. The van der Waals surface area contributed by atoms with Crippen molar-refractivity contribution in [2.75, 3.05) is 25.4 Å². The molecule has 0 atom stereocenters. The van der Waals surface area contributed by atoms with Crippen molar-refractivity contribution in [1.82, 2.24) is 10.2 Å². The van der Waals surface area contributed by atoms with E-state index < -0.39 is 0 Å². The Balaban J connectivity index is 0.00000264. The Morgan fingerprint density at radius 2 is 2.04 bits per heavy atom. The number of nitrogens with zero attached hydrogens (tertiary/aromatic N) is 1. The molecule has 130 valence electrons. The van der Waals surface area contributed by atoms with Gasteiger partial charge in [-0.15, -0.1) is 24.2 Å². The van der Waals surface area contributed by atoms with Crippen molar-refractivity contribution >= 4 is 30.1 Å². The second-order valence-corrected chi connectivity index (χ2v) is 6.73. The molecule has 0 bridgehead atoms. The van der Waals surface area contributed by atoms with Gasteiger partial charge in [-0.25, -0.2) is 4.39 Å². The van der Waals surface area contributed by atoms with Crippen molar-refractivity contribution in [3.05, 3.63) is 30.1 Å². The highest BCUT2D eigenvalue weighted by molar-refractivity contribution is 7.99. The number of rotatable bonds is 7. The maximum Gasteiger partial charge on any atom is 0.223 e. The first-order chi connectivity index (χ1) is 10.7. The van der Waals surface area contributed by atoms with Crippen LogP contribution in [-0.4, -0.2) is 42.2 Å². The Kier molecular flexibility index (Phi) is 9.60. The van der Waals surface area contributed by atoms with E-state index in [1.807, 2.05) is 11.0 Å². The lowest BCUT2D eigenvalue weighted by molar-refractivity contribution is -0.133. The number of amides is 1. The number of carbonyl (C=O) groups is 1. The minimum absolute atomic E-state index is 0. The summed E-state index contributed by atoms with van der Waals surface area (Å²) in [6.07, 6.45) is 3.53. The van der Waals surface area contributed by atoms with Crippen molar-refractivity contribution in [3.8, 4) is 0 Å². The number of halogens is 2. The molecule has 23 heavy (non-hydrogen) atoms. The largest absolute Gasteiger partial charge is 0.340 e. The van der Waals surface area contributed by atoms with Crippen molar-refractivity contribution in [2.45, 2.75) is 43.5 Å². The summed E-state index contributed by atoms with van der Waals surface area (Å²) in [5.41, 5.74) is 0. The highest BCUT2D eigenvalue weighted by Gasteiger charge is 2.24. The highest BCUT2D eigenvalue weighted by Crippen LogP contribution is 2.23. The average molecular weight is 361 g/mol. The van der Waals surface area contributed by atoms with Crippen LogP contribution in [0.25, 0.3) is 0 Å². The van der Waals surface area contributed by atoms with Gasteiger partial charge in [0.1, 0.15) is 5.82 Å². The molecular formula is C17H26ClFN2OS. The minimum atomic E-state index is -0.205. The third-order valence-electron chi connectivity index (χ3n) is 3.94. The Morgan fingerprint density at radius 3 is 2.70 bits per heavy atom. The topological polar surface area (TPSA) is 32.3 Å². The summed E-state index contributed by atoms with van der Waals surface area (Å²) >= 11 is 1.42. The van der Waals surface area contributed by atoms with Crippen LogP contribution in [0, 0.1) is 5.82 Å². The van der Waals surface area contributed by atoms with Crippen LogP contribution < -0.4 is 5.32 Å². The molecule has 3 nitrogen and oxygen atoms in total. The fourth-order valence-electron chi connectivity index (χ4n) is 2.82. The second-order valence-electron chi connectivity index (χ2n) is 5.60. The number of hydrogen-bond acceptors (Lipinski definition) is 3. The molecular weight excluding hydrogens is 335 g/mol. The highest BCUT2D eigenvalue weighted by atomic mass is 35.5. The molecule has 1 aromatic carbocycles. The van der Waals surface area contributed by atoms with E-state index in [9.17, 15) is 9.18 Å². The molecule has 1 N–H and O–H groups in total.